The van der Waals surface area contributed by atoms with Crippen molar-refractivity contribution in [2.24, 2.45) is 0 Å². The van der Waals surface area contributed by atoms with Crippen LogP contribution in [0.5, 0.6) is 0 Å². The Morgan fingerprint density at radius 3 is 1.80 bits per heavy atom. The molecule has 1 heterocycles. The van der Waals surface area contributed by atoms with Crippen LogP contribution in [0, 0.1) is 0 Å². The molecule has 1 saturated heterocycles. The quantitative estimate of drug-likeness (QED) is 0.393. The maximum Gasteiger partial charge on any atom is -0.0141 e. The molecule has 0 amide bonds. The molecular formula is C4H9P. The average Bonchev–Trinajstić information content (AvgIpc) is 1.76. The fraction of sp³-hybridized carbons (Fsp3) is 1.00. The van der Waals surface area contributed by atoms with Crippen LogP contribution >= 0.6 is 8.58 Å². The van der Waals surface area contributed by atoms with Gasteiger partial charge >= 0.3 is 0 Å². The number of rotatable bonds is 0. The van der Waals surface area contributed by atoms with Crippen molar-refractivity contribution in [1.82, 2.24) is 0 Å². The van der Waals surface area contributed by atoms with Gasteiger partial charge in [-0.15, -0.1) is 8.58 Å². The van der Waals surface area contributed by atoms with Gasteiger partial charge in [-0.3, -0.25) is 0 Å². The highest BCUT2D eigenvalue weighted by molar-refractivity contribution is 7.49. The van der Waals surface area contributed by atoms with Crippen LogP contribution in [0.2, 0.25) is 0 Å². The zero-order valence-electron chi connectivity index (χ0n) is 3.71. The summed E-state index contributed by atoms with van der Waals surface area (Å²) in [6, 6.07) is 0. The van der Waals surface area contributed by atoms with Gasteiger partial charge in [-0.1, -0.05) is 13.8 Å². The minimum absolute atomic E-state index is 0.778. The summed E-state index contributed by atoms with van der Waals surface area (Å²) in [5.74, 6) is 0. The van der Waals surface area contributed by atoms with Crippen LogP contribution in [0.25, 0.3) is 0 Å². The zero-order valence-corrected chi connectivity index (χ0v) is 4.71. The summed E-state index contributed by atoms with van der Waals surface area (Å²) >= 11 is 0. The van der Waals surface area contributed by atoms with Crippen LogP contribution < -0.4 is 0 Å². The maximum atomic E-state index is 2.31. The predicted octanol–water partition coefficient (Wildman–Crippen LogP) is 1.46. The summed E-state index contributed by atoms with van der Waals surface area (Å²) in [6.07, 6.45) is 1.48. The number of hydrogen-bond acceptors (Lipinski definition) is 0. The van der Waals surface area contributed by atoms with Gasteiger partial charge in [0, 0.05) is 0 Å². The van der Waals surface area contributed by atoms with Crippen LogP contribution in [0.3, 0.4) is 0 Å². The third-order valence-corrected chi connectivity index (χ3v) is 2.65. The first-order chi connectivity index (χ1) is 2.21. The second-order valence-corrected chi connectivity index (χ2v) is 4.30. The van der Waals surface area contributed by atoms with Gasteiger partial charge in [0.05, 0.1) is 0 Å². The van der Waals surface area contributed by atoms with E-state index >= 15 is 0 Å². The van der Waals surface area contributed by atoms with Crippen LogP contribution in [-0.2, 0) is 0 Å². The van der Waals surface area contributed by atoms with Crippen LogP contribution in [0.4, 0.5) is 0 Å². The first-order valence-corrected chi connectivity index (χ1v) is 3.16. The maximum absolute atomic E-state index is 2.31. The van der Waals surface area contributed by atoms with Crippen molar-refractivity contribution in [2.45, 2.75) is 19.0 Å². The molecule has 0 aromatic rings. The molecule has 0 aliphatic carbocycles. The second kappa shape index (κ2) is 0.733. The normalized spacial score (nSPS) is 34.8. The van der Waals surface area contributed by atoms with E-state index in [-0.39, 0.29) is 0 Å². The number of hydrogen-bond donors (Lipinski definition) is 0. The molecule has 1 unspecified atom stereocenters. The molecule has 0 saturated carbocycles. The van der Waals surface area contributed by atoms with E-state index in [1.807, 2.05) is 0 Å². The lowest BCUT2D eigenvalue weighted by atomic mass is 10.3. The Morgan fingerprint density at radius 1 is 1.60 bits per heavy atom. The van der Waals surface area contributed by atoms with Gasteiger partial charge in [-0.25, -0.2) is 0 Å². The summed E-state index contributed by atoms with van der Waals surface area (Å²) in [5, 5.41) is 0.778. The smallest absolute Gasteiger partial charge is 0.0141 e. The van der Waals surface area contributed by atoms with E-state index in [0.717, 1.165) is 5.16 Å². The van der Waals surface area contributed by atoms with E-state index in [4.69, 9.17) is 0 Å². The van der Waals surface area contributed by atoms with E-state index in [1.54, 1.807) is 0 Å². The fourth-order valence-electron chi connectivity index (χ4n) is 0.177. The van der Waals surface area contributed by atoms with E-state index in [2.05, 4.69) is 13.8 Å². The van der Waals surface area contributed by atoms with Crippen molar-refractivity contribution >= 4 is 8.58 Å². The van der Waals surface area contributed by atoms with Crippen molar-refractivity contribution in [3.63, 3.8) is 0 Å². The summed E-state index contributed by atoms with van der Waals surface area (Å²) in [5.41, 5.74) is 0. The average molecular weight is 88.1 g/mol. The highest BCUT2D eigenvalue weighted by Crippen LogP contribution is 2.50. The Balaban J connectivity index is 2.38. The third kappa shape index (κ3) is 0.887. The summed E-state index contributed by atoms with van der Waals surface area (Å²) in [4.78, 5) is 0. The molecule has 0 spiro atoms. The van der Waals surface area contributed by atoms with Crippen molar-refractivity contribution in [1.29, 1.82) is 0 Å². The molecule has 0 aromatic carbocycles. The van der Waals surface area contributed by atoms with E-state index in [0.29, 0.717) is 0 Å². The zero-order chi connectivity index (χ0) is 3.91. The molecule has 0 aromatic heterocycles. The standard InChI is InChI=1S/C4H9P/c1-4(2)3-5-4/h5H,3H2,1-2H3. The van der Waals surface area contributed by atoms with E-state index in [9.17, 15) is 0 Å². The van der Waals surface area contributed by atoms with Gasteiger partial charge in [0.15, 0.2) is 0 Å². The topological polar surface area (TPSA) is 0 Å². The van der Waals surface area contributed by atoms with Crippen molar-refractivity contribution in [3.05, 3.63) is 0 Å². The minimum Gasteiger partial charge on any atom is -0.115 e. The molecule has 1 rings (SSSR count). The Hall–Kier alpha value is 0.430. The highest BCUT2D eigenvalue weighted by atomic mass is 31.1. The van der Waals surface area contributed by atoms with Gasteiger partial charge in [0.25, 0.3) is 0 Å². The van der Waals surface area contributed by atoms with Gasteiger partial charge in [0.1, 0.15) is 0 Å². The summed E-state index contributed by atoms with van der Waals surface area (Å²) in [6.45, 7) is 4.62. The molecule has 0 nitrogen and oxygen atoms in total. The molecule has 1 atom stereocenters. The van der Waals surface area contributed by atoms with Crippen molar-refractivity contribution < 1.29 is 0 Å². The molecule has 30 valence electrons. The van der Waals surface area contributed by atoms with Crippen LogP contribution in [0.1, 0.15) is 13.8 Å². The Labute approximate surface area is 34.7 Å². The van der Waals surface area contributed by atoms with Gasteiger partial charge in [-0.2, -0.15) is 0 Å². The SMILES string of the molecule is CC1(C)CP1. The Bertz CT molecular complexity index is 41.6. The highest BCUT2D eigenvalue weighted by Gasteiger charge is 2.30. The summed E-state index contributed by atoms with van der Waals surface area (Å²) < 4.78 is 0. The summed E-state index contributed by atoms with van der Waals surface area (Å²) in [7, 11) is 1.26. The van der Waals surface area contributed by atoms with Gasteiger partial charge in [0.2, 0.25) is 0 Å². The van der Waals surface area contributed by atoms with Crippen molar-refractivity contribution in [3.8, 4) is 0 Å². The first-order valence-electron chi connectivity index (χ1n) is 1.96. The van der Waals surface area contributed by atoms with Gasteiger partial charge < -0.3 is 0 Å². The predicted molar refractivity (Wildman–Crippen MR) is 27.3 cm³/mol. The van der Waals surface area contributed by atoms with E-state index in [1.165, 1.54) is 14.7 Å². The molecule has 1 aliphatic heterocycles. The molecule has 1 aliphatic rings. The lowest BCUT2D eigenvalue weighted by Crippen LogP contribution is -1.87. The lowest BCUT2D eigenvalue weighted by Gasteiger charge is -1.85. The minimum atomic E-state index is 0.778. The molecule has 0 bridgehead atoms. The monoisotopic (exact) mass is 88.0 g/mol. The van der Waals surface area contributed by atoms with E-state index < -0.39 is 0 Å². The molecule has 1 heteroatoms. The molecule has 0 radical (unpaired) electrons. The molecule has 5 heavy (non-hydrogen) atoms. The molecular weight excluding hydrogens is 79.0 g/mol. The Kier molecular flexibility index (Phi) is 0.530. The second-order valence-electron chi connectivity index (χ2n) is 2.24. The van der Waals surface area contributed by atoms with Crippen molar-refractivity contribution in [2.75, 3.05) is 6.16 Å². The largest absolute Gasteiger partial charge is 0.115 e. The Morgan fingerprint density at radius 2 is 1.80 bits per heavy atom. The lowest BCUT2D eigenvalue weighted by molar-refractivity contribution is 0.904. The first kappa shape index (κ1) is 3.61. The van der Waals surface area contributed by atoms with Gasteiger partial charge in [-0.05, 0) is 11.3 Å². The fourth-order valence-corrected chi connectivity index (χ4v) is 0.530. The molecule has 0 N–H and O–H groups in total. The molecule has 1 fully saturated rings. The van der Waals surface area contributed by atoms with Crippen LogP contribution in [-0.4, -0.2) is 11.3 Å². The van der Waals surface area contributed by atoms with Crippen LogP contribution in [0.15, 0.2) is 0 Å². The third-order valence-electron chi connectivity index (χ3n) is 0.884.